The Morgan fingerprint density at radius 2 is 1.88 bits per heavy atom. The van der Waals surface area contributed by atoms with Gasteiger partial charge in [0.25, 0.3) is 0 Å². The minimum atomic E-state index is 0.422. The van der Waals surface area contributed by atoms with Crippen LogP contribution in [0.1, 0.15) is 22.6 Å². The molecule has 2 rings (SSSR count). The molecule has 2 aromatic rings. The highest BCUT2D eigenvalue weighted by Crippen LogP contribution is 2.18. The molecule has 0 fully saturated rings. The van der Waals surface area contributed by atoms with Crippen LogP contribution in [0.25, 0.3) is 0 Å². The number of furan rings is 1. The lowest BCUT2D eigenvalue weighted by Crippen LogP contribution is -1.96. The van der Waals surface area contributed by atoms with Crippen molar-refractivity contribution in [3.05, 3.63) is 53.0 Å². The monoisotopic (exact) mass is 231 g/mol. The zero-order chi connectivity index (χ0) is 12.3. The summed E-state index contributed by atoms with van der Waals surface area (Å²) in [4.78, 5) is 0. The van der Waals surface area contributed by atoms with Crippen LogP contribution < -0.4 is 10.5 Å². The van der Waals surface area contributed by atoms with Gasteiger partial charge in [-0.25, -0.2) is 0 Å². The fraction of sp³-hybridized carbons (Fsp3) is 0.286. The summed E-state index contributed by atoms with van der Waals surface area (Å²) >= 11 is 0. The van der Waals surface area contributed by atoms with E-state index in [9.17, 15) is 0 Å². The zero-order valence-electron chi connectivity index (χ0n) is 10.2. The van der Waals surface area contributed by atoms with E-state index >= 15 is 0 Å². The van der Waals surface area contributed by atoms with Crippen LogP contribution in [-0.2, 0) is 13.2 Å². The van der Waals surface area contributed by atoms with Crippen molar-refractivity contribution in [2.75, 3.05) is 0 Å². The third kappa shape index (κ3) is 2.88. The van der Waals surface area contributed by atoms with Crippen molar-refractivity contribution < 1.29 is 9.15 Å². The first-order chi connectivity index (χ1) is 8.19. The van der Waals surface area contributed by atoms with Crippen LogP contribution in [0.2, 0.25) is 0 Å². The first-order valence-electron chi connectivity index (χ1n) is 5.67. The minimum Gasteiger partial charge on any atom is -0.489 e. The van der Waals surface area contributed by atoms with Gasteiger partial charge in [-0.1, -0.05) is 17.7 Å². The number of ether oxygens (including phenoxy) is 1. The van der Waals surface area contributed by atoms with Crippen LogP contribution in [0.4, 0.5) is 0 Å². The maximum Gasteiger partial charge on any atom is 0.119 e. The van der Waals surface area contributed by atoms with Crippen LogP contribution in [0.3, 0.4) is 0 Å². The van der Waals surface area contributed by atoms with E-state index in [0.29, 0.717) is 13.2 Å². The minimum absolute atomic E-state index is 0.422. The van der Waals surface area contributed by atoms with E-state index in [-0.39, 0.29) is 0 Å². The Hall–Kier alpha value is -1.74. The largest absolute Gasteiger partial charge is 0.489 e. The summed E-state index contributed by atoms with van der Waals surface area (Å²) < 4.78 is 11.2. The van der Waals surface area contributed by atoms with E-state index in [1.54, 1.807) is 0 Å². The second-order valence-corrected chi connectivity index (χ2v) is 4.10. The molecule has 0 radical (unpaired) electrons. The van der Waals surface area contributed by atoms with E-state index in [1.165, 1.54) is 5.56 Å². The molecule has 0 atom stereocenters. The van der Waals surface area contributed by atoms with Gasteiger partial charge in [-0.2, -0.15) is 0 Å². The topological polar surface area (TPSA) is 48.4 Å². The van der Waals surface area contributed by atoms with Crippen LogP contribution >= 0.6 is 0 Å². The van der Waals surface area contributed by atoms with Crippen LogP contribution in [0, 0.1) is 13.8 Å². The predicted octanol–water partition coefficient (Wildman–Crippen LogP) is 2.93. The fourth-order valence-electron chi connectivity index (χ4n) is 1.63. The average Bonchev–Trinajstić information content (AvgIpc) is 2.69. The molecular formula is C14H17NO2. The summed E-state index contributed by atoms with van der Waals surface area (Å²) in [5.41, 5.74) is 7.79. The van der Waals surface area contributed by atoms with Crippen LogP contribution in [0.15, 0.2) is 34.7 Å². The van der Waals surface area contributed by atoms with Crippen LogP contribution in [-0.4, -0.2) is 0 Å². The third-order valence-electron chi connectivity index (χ3n) is 2.69. The molecule has 0 aliphatic rings. The van der Waals surface area contributed by atoms with Crippen molar-refractivity contribution in [3.8, 4) is 5.75 Å². The Kier molecular flexibility index (Phi) is 3.49. The van der Waals surface area contributed by atoms with Crippen LogP contribution in [0.5, 0.6) is 5.75 Å². The molecule has 2 N–H and O–H groups in total. The van der Waals surface area contributed by atoms with Crippen molar-refractivity contribution in [1.82, 2.24) is 0 Å². The average molecular weight is 231 g/mol. The molecule has 1 heterocycles. The molecular weight excluding hydrogens is 214 g/mol. The van der Waals surface area contributed by atoms with E-state index in [4.69, 9.17) is 14.9 Å². The number of hydrogen-bond donors (Lipinski definition) is 1. The molecule has 0 aliphatic heterocycles. The summed E-state index contributed by atoms with van der Waals surface area (Å²) in [6.45, 7) is 4.91. The van der Waals surface area contributed by atoms with Gasteiger partial charge in [-0.3, -0.25) is 0 Å². The highest BCUT2D eigenvalue weighted by atomic mass is 16.5. The zero-order valence-corrected chi connectivity index (χ0v) is 10.2. The Morgan fingerprint density at radius 1 is 1.18 bits per heavy atom. The Bertz CT molecular complexity index is 485. The van der Waals surface area contributed by atoms with Crippen molar-refractivity contribution in [2.24, 2.45) is 5.73 Å². The van der Waals surface area contributed by atoms with Gasteiger partial charge in [0.2, 0.25) is 0 Å². The van der Waals surface area contributed by atoms with E-state index in [0.717, 1.165) is 22.8 Å². The lowest BCUT2D eigenvalue weighted by molar-refractivity contribution is 0.303. The van der Waals surface area contributed by atoms with E-state index < -0.39 is 0 Å². The Labute approximate surface area is 101 Å². The molecule has 0 aliphatic carbocycles. The molecule has 0 spiro atoms. The van der Waals surface area contributed by atoms with Gasteiger partial charge < -0.3 is 14.9 Å². The first-order valence-corrected chi connectivity index (χ1v) is 5.67. The summed E-state index contributed by atoms with van der Waals surface area (Å²) in [6, 6.07) is 9.94. The molecule has 0 bridgehead atoms. The highest BCUT2D eigenvalue weighted by Gasteiger charge is 2.06. The maximum atomic E-state index is 5.68. The molecule has 0 unspecified atom stereocenters. The molecule has 1 aromatic heterocycles. The van der Waals surface area contributed by atoms with Gasteiger partial charge in [0.15, 0.2) is 0 Å². The van der Waals surface area contributed by atoms with Crippen molar-refractivity contribution in [3.63, 3.8) is 0 Å². The van der Waals surface area contributed by atoms with Gasteiger partial charge in [0.1, 0.15) is 23.9 Å². The summed E-state index contributed by atoms with van der Waals surface area (Å²) in [7, 11) is 0. The number of hydrogen-bond acceptors (Lipinski definition) is 3. The molecule has 0 amide bonds. The molecule has 0 saturated carbocycles. The lowest BCUT2D eigenvalue weighted by atomic mass is 10.2. The van der Waals surface area contributed by atoms with Crippen molar-refractivity contribution in [1.29, 1.82) is 0 Å². The highest BCUT2D eigenvalue weighted by molar-refractivity contribution is 5.27. The predicted molar refractivity (Wildman–Crippen MR) is 66.8 cm³/mol. The Morgan fingerprint density at radius 3 is 2.47 bits per heavy atom. The van der Waals surface area contributed by atoms with E-state index in [2.05, 4.69) is 6.92 Å². The standard InChI is InChI=1S/C14H17NO2/c1-10-3-5-13(6-4-10)16-9-12-7-14(8-15)17-11(12)2/h3-7H,8-9,15H2,1-2H3. The molecule has 1 aromatic carbocycles. The quantitative estimate of drug-likeness (QED) is 0.880. The lowest BCUT2D eigenvalue weighted by Gasteiger charge is -2.05. The third-order valence-corrected chi connectivity index (χ3v) is 2.69. The summed E-state index contributed by atoms with van der Waals surface area (Å²) in [5.74, 6) is 2.54. The number of aryl methyl sites for hydroxylation is 2. The van der Waals surface area contributed by atoms with Crippen molar-refractivity contribution >= 4 is 0 Å². The number of benzene rings is 1. The molecule has 3 heteroatoms. The van der Waals surface area contributed by atoms with E-state index in [1.807, 2.05) is 37.3 Å². The Balaban J connectivity index is 2.01. The number of nitrogens with two attached hydrogens (primary N) is 1. The van der Waals surface area contributed by atoms with Gasteiger partial charge in [0.05, 0.1) is 6.54 Å². The molecule has 90 valence electrons. The van der Waals surface area contributed by atoms with Gasteiger partial charge in [-0.15, -0.1) is 0 Å². The fourth-order valence-corrected chi connectivity index (χ4v) is 1.63. The SMILES string of the molecule is Cc1ccc(OCc2cc(CN)oc2C)cc1. The summed E-state index contributed by atoms with van der Waals surface area (Å²) in [6.07, 6.45) is 0. The van der Waals surface area contributed by atoms with Gasteiger partial charge in [0, 0.05) is 5.56 Å². The second kappa shape index (κ2) is 5.06. The van der Waals surface area contributed by atoms with Gasteiger partial charge >= 0.3 is 0 Å². The van der Waals surface area contributed by atoms with Gasteiger partial charge in [-0.05, 0) is 32.0 Å². The normalized spacial score (nSPS) is 10.5. The summed E-state index contributed by atoms with van der Waals surface area (Å²) in [5, 5.41) is 0. The molecule has 0 saturated heterocycles. The first kappa shape index (κ1) is 11.7. The second-order valence-electron chi connectivity index (χ2n) is 4.10. The maximum absolute atomic E-state index is 5.68. The molecule has 3 nitrogen and oxygen atoms in total. The smallest absolute Gasteiger partial charge is 0.119 e. The molecule has 17 heavy (non-hydrogen) atoms. The van der Waals surface area contributed by atoms with Crippen molar-refractivity contribution in [2.45, 2.75) is 27.0 Å². The number of rotatable bonds is 4.